The number of rotatable bonds is 4. The maximum atomic E-state index is 11.5. The van der Waals surface area contributed by atoms with Gasteiger partial charge in [0.15, 0.2) is 5.78 Å². The number of hydrogen-bond acceptors (Lipinski definition) is 2. The first kappa shape index (κ1) is 11.5. The third kappa shape index (κ3) is 3.58. The van der Waals surface area contributed by atoms with E-state index in [0.29, 0.717) is 5.56 Å². The van der Waals surface area contributed by atoms with Crippen LogP contribution in [0.2, 0.25) is 0 Å². The molecule has 0 spiro atoms. The lowest BCUT2D eigenvalue weighted by Gasteiger charge is -2.09. The van der Waals surface area contributed by atoms with Gasteiger partial charge in [0.1, 0.15) is 5.75 Å². The Morgan fingerprint density at radius 3 is 2.73 bits per heavy atom. The van der Waals surface area contributed by atoms with Crippen LogP contribution in [0.4, 0.5) is 0 Å². The van der Waals surface area contributed by atoms with Crippen molar-refractivity contribution in [1.29, 1.82) is 0 Å². The maximum Gasteiger partial charge on any atom is 0.185 e. The summed E-state index contributed by atoms with van der Waals surface area (Å²) in [4.78, 5) is 11.5. The van der Waals surface area contributed by atoms with Gasteiger partial charge in [0.2, 0.25) is 0 Å². The minimum atomic E-state index is 0.00621. The molecular formula is C13H16O2. The number of benzene rings is 1. The van der Waals surface area contributed by atoms with E-state index in [-0.39, 0.29) is 11.9 Å². The fourth-order valence-corrected chi connectivity index (χ4v) is 1.24. The molecule has 80 valence electrons. The summed E-state index contributed by atoms with van der Waals surface area (Å²) in [5, 5.41) is 0. The molecule has 0 atom stereocenters. The summed E-state index contributed by atoms with van der Waals surface area (Å²) in [5.74, 6) is 0.743. The van der Waals surface area contributed by atoms with Crippen LogP contribution in [0.25, 0.3) is 0 Å². The molecule has 0 fully saturated rings. The Bertz CT molecular complexity index is 365. The molecule has 1 aromatic carbocycles. The molecule has 0 aromatic heterocycles. The zero-order chi connectivity index (χ0) is 11.3. The molecule has 0 heterocycles. The van der Waals surface area contributed by atoms with Crippen LogP contribution in [0.15, 0.2) is 36.4 Å². The van der Waals surface area contributed by atoms with Crippen molar-refractivity contribution in [1.82, 2.24) is 0 Å². The third-order valence-electron chi connectivity index (χ3n) is 1.81. The van der Waals surface area contributed by atoms with Crippen molar-refractivity contribution < 1.29 is 9.53 Å². The molecule has 1 rings (SSSR count). The number of ketones is 1. The summed E-state index contributed by atoms with van der Waals surface area (Å²) in [6.07, 6.45) is 3.41. The molecule has 0 saturated carbocycles. The average Bonchev–Trinajstić information content (AvgIpc) is 2.17. The minimum Gasteiger partial charge on any atom is -0.491 e. The van der Waals surface area contributed by atoms with Gasteiger partial charge in [0.25, 0.3) is 0 Å². The predicted octanol–water partition coefficient (Wildman–Crippen LogP) is 3.23. The maximum absolute atomic E-state index is 11.5. The molecule has 1 aromatic rings. The second-order valence-electron chi connectivity index (χ2n) is 3.56. The summed E-state index contributed by atoms with van der Waals surface area (Å²) in [6, 6.07) is 7.23. The van der Waals surface area contributed by atoms with E-state index in [1.807, 2.05) is 32.9 Å². The molecule has 0 aliphatic carbocycles. The molecule has 15 heavy (non-hydrogen) atoms. The highest BCUT2D eigenvalue weighted by molar-refractivity contribution is 6.04. The number of hydrogen-bond donors (Lipinski definition) is 0. The first-order valence-corrected chi connectivity index (χ1v) is 5.07. The number of carbonyl (C=O) groups excluding carboxylic acids is 1. The fraction of sp³-hybridized carbons (Fsp3) is 0.308. The van der Waals surface area contributed by atoms with Crippen molar-refractivity contribution in [3.63, 3.8) is 0 Å². The van der Waals surface area contributed by atoms with E-state index in [1.165, 1.54) is 0 Å². The van der Waals surface area contributed by atoms with Gasteiger partial charge in [-0.3, -0.25) is 4.79 Å². The molecule has 0 aliphatic rings. The van der Waals surface area contributed by atoms with Gasteiger partial charge in [-0.05, 0) is 39.0 Å². The van der Waals surface area contributed by atoms with Gasteiger partial charge in [-0.1, -0.05) is 18.2 Å². The van der Waals surface area contributed by atoms with E-state index in [2.05, 4.69) is 0 Å². The highest BCUT2D eigenvalue weighted by Gasteiger charge is 2.03. The lowest BCUT2D eigenvalue weighted by molar-refractivity contribution is 0.104. The average molecular weight is 204 g/mol. The molecule has 0 bridgehead atoms. The fourth-order valence-electron chi connectivity index (χ4n) is 1.24. The second kappa shape index (κ2) is 5.35. The highest BCUT2D eigenvalue weighted by Crippen LogP contribution is 2.15. The normalized spacial score (nSPS) is 10.9. The summed E-state index contributed by atoms with van der Waals surface area (Å²) in [5.41, 5.74) is 0.659. The topological polar surface area (TPSA) is 26.3 Å². The van der Waals surface area contributed by atoms with Gasteiger partial charge in [0, 0.05) is 5.56 Å². The molecule has 0 amide bonds. The van der Waals surface area contributed by atoms with Crippen molar-refractivity contribution in [3.05, 3.63) is 42.0 Å². The van der Waals surface area contributed by atoms with E-state index < -0.39 is 0 Å². The van der Waals surface area contributed by atoms with Crippen molar-refractivity contribution in [2.45, 2.75) is 26.9 Å². The van der Waals surface area contributed by atoms with Crippen LogP contribution in [-0.4, -0.2) is 11.9 Å². The van der Waals surface area contributed by atoms with Gasteiger partial charge >= 0.3 is 0 Å². The van der Waals surface area contributed by atoms with Gasteiger partial charge in [-0.2, -0.15) is 0 Å². The van der Waals surface area contributed by atoms with Crippen molar-refractivity contribution >= 4 is 5.78 Å². The van der Waals surface area contributed by atoms with Crippen LogP contribution in [0.1, 0.15) is 31.1 Å². The van der Waals surface area contributed by atoms with E-state index in [9.17, 15) is 4.79 Å². The SMILES string of the molecule is C/C=C/C(=O)c1cccc(OC(C)C)c1. The molecule has 0 aliphatic heterocycles. The quantitative estimate of drug-likeness (QED) is 0.556. The van der Waals surface area contributed by atoms with Gasteiger partial charge < -0.3 is 4.74 Å². The Hall–Kier alpha value is -1.57. The lowest BCUT2D eigenvalue weighted by Crippen LogP contribution is -2.06. The Balaban J connectivity index is 2.87. The zero-order valence-corrected chi connectivity index (χ0v) is 9.36. The smallest absolute Gasteiger partial charge is 0.185 e. The number of ether oxygens (including phenoxy) is 1. The van der Waals surface area contributed by atoms with E-state index >= 15 is 0 Å². The summed E-state index contributed by atoms with van der Waals surface area (Å²) in [7, 11) is 0. The Kier molecular flexibility index (Phi) is 4.10. The standard InChI is InChI=1S/C13H16O2/c1-4-6-13(14)11-7-5-8-12(9-11)15-10(2)3/h4-10H,1-3H3/b6-4+. The molecular weight excluding hydrogens is 188 g/mol. The monoisotopic (exact) mass is 204 g/mol. The summed E-state index contributed by atoms with van der Waals surface area (Å²) < 4.78 is 5.51. The van der Waals surface area contributed by atoms with Crippen LogP contribution >= 0.6 is 0 Å². The van der Waals surface area contributed by atoms with E-state index in [0.717, 1.165) is 5.75 Å². The molecule has 0 radical (unpaired) electrons. The van der Waals surface area contributed by atoms with Crippen LogP contribution in [0, 0.1) is 0 Å². The van der Waals surface area contributed by atoms with Crippen LogP contribution < -0.4 is 4.74 Å². The van der Waals surface area contributed by atoms with Gasteiger partial charge in [0.05, 0.1) is 6.10 Å². The van der Waals surface area contributed by atoms with Crippen LogP contribution in [-0.2, 0) is 0 Å². The molecule has 0 N–H and O–H groups in total. The minimum absolute atomic E-state index is 0.00621. The van der Waals surface area contributed by atoms with Crippen LogP contribution in [0.3, 0.4) is 0 Å². The highest BCUT2D eigenvalue weighted by atomic mass is 16.5. The number of carbonyl (C=O) groups is 1. The molecule has 0 unspecified atom stereocenters. The van der Waals surface area contributed by atoms with Crippen LogP contribution in [0.5, 0.6) is 5.75 Å². The van der Waals surface area contributed by atoms with Crippen molar-refractivity contribution in [3.8, 4) is 5.75 Å². The summed E-state index contributed by atoms with van der Waals surface area (Å²) in [6.45, 7) is 5.74. The Morgan fingerprint density at radius 2 is 2.13 bits per heavy atom. The molecule has 2 nitrogen and oxygen atoms in total. The van der Waals surface area contributed by atoms with Crippen molar-refractivity contribution in [2.24, 2.45) is 0 Å². The van der Waals surface area contributed by atoms with Crippen molar-refractivity contribution in [2.75, 3.05) is 0 Å². The van der Waals surface area contributed by atoms with E-state index in [1.54, 1.807) is 24.3 Å². The third-order valence-corrected chi connectivity index (χ3v) is 1.81. The first-order chi connectivity index (χ1) is 7.13. The Morgan fingerprint density at radius 1 is 1.40 bits per heavy atom. The molecule has 0 saturated heterocycles. The largest absolute Gasteiger partial charge is 0.491 e. The molecule has 2 heteroatoms. The lowest BCUT2D eigenvalue weighted by atomic mass is 10.1. The summed E-state index contributed by atoms with van der Waals surface area (Å²) >= 11 is 0. The number of allylic oxidation sites excluding steroid dienone is 2. The Labute approximate surface area is 90.6 Å². The van der Waals surface area contributed by atoms with E-state index in [4.69, 9.17) is 4.74 Å². The van der Waals surface area contributed by atoms with Gasteiger partial charge in [-0.25, -0.2) is 0 Å². The predicted molar refractivity (Wildman–Crippen MR) is 61.4 cm³/mol. The van der Waals surface area contributed by atoms with Gasteiger partial charge in [-0.15, -0.1) is 0 Å². The first-order valence-electron chi connectivity index (χ1n) is 5.07. The zero-order valence-electron chi connectivity index (χ0n) is 9.36. The second-order valence-corrected chi connectivity index (χ2v) is 3.56.